The topological polar surface area (TPSA) is 12.0 Å². The molecule has 1 aromatic heterocycles. The lowest BCUT2D eigenvalue weighted by Gasteiger charge is -2.10. The highest BCUT2D eigenvalue weighted by Crippen LogP contribution is 2.24. The van der Waals surface area contributed by atoms with Crippen LogP contribution in [0.1, 0.15) is 24.6 Å². The van der Waals surface area contributed by atoms with Gasteiger partial charge in [0.05, 0.1) is 4.34 Å². The smallest absolute Gasteiger partial charge is 0.0931 e. The molecule has 0 saturated heterocycles. The van der Waals surface area contributed by atoms with Crippen LogP contribution >= 0.6 is 22.9 Å². The summed E-state index contributed by atoms with van der Waals surface area (Å²) in [6, 6.07) is 4.95. The SMILES string of the molecule is CC(CNC1CC1)Cc1ccc(Cl)s1. The molecule has 1 heterocycles. The first kappa shape index (κ1) is 10.5. The van der Waals surface area contributed by atoms with E-state index in [4.69, 9.17) is 11.6 Å². The second-order valence-electron chi connectivity index (χ2n) is 4.20. The van der Waals surface area contributed by atoms with Crippen molar-refractivity contribution in [2.75, 3.05) is 6.54 Å². The fourth-order valence-corrected chi connectivity index (χ4v) is 2.78. The third kappa shape index (κ3) is 3.26. The summed E-state index contributed by atoms with van der Waals surface area (Å²) < 4.78 is 0.905. The molecule has 1 atom stereocenters. The van der Waals surface area contributed by atoms with E-state index in [1.54, 1.807) is 11.3 Å². The van der Waals surface area contributed by atoms with Gasteiger partial charge in [-0.3, -0.25) is 0 Å². The van der Waals surface area contributed by atoms with Crippen LogP contribution in [-0.2, 0) is 6.42 Å². The van der Waals surface area contributed by atoms with Gasteiger partial charge in [0.25, 0.3) is 0 Å². The fourth-order valence-electron chi connectivity index (χ4n) is 1.53. The maximum absolute atomic E-state index is 5.88. The van der Waals surface area contributed by atoms with E-state index in [9.17, 15) is 0 Å². The van der Waals surface area contributed by atoms with Crippen LogP contribution < -0.4 is 5.32 Å². The van der Waals surface area contributed by atoms with E-state index >= 15 is 0 Å². The Labute approximate surface area is 94.5 Å². The minimum Gasteiger partial charge on any atom is -0.314 e. The Balaban J connectivity index is 1.72. The van der Waals surface area contributed by atoms with Crippen molar-refractivity contribution in [3.63, 3.8) is 0 Å². The van der Waals surface area contributed by atoms with Crippen molar-refractivity contribution >= 4 is 22.9 Å². The van der Waals surface area contributed by atoms with Crippen LogP contribution in [0.3, 0.4) is 0 Å². The molecule has 0 bridgehead atoms. The molecule has 1 saturated carbocycles. The van der Waals surface area contributed by atoms with Gasteiger partial charge in [-0.2, -0.15) is 0 Å². The van der Waals surface area contributed by atoms with Crippen molar-refractivity contribution in [1.82, 2.24) is 5.32 Å². The minimum atomic E-state index is 0.713. The van der Waals surface area contributed by atoms with Gasteiger partial charge in [0.1, 0.15) is 0 Å². The van der Waals surface area contributed by atoms with Gasteiger partial charge in [-0.1, -0.05) is 18.5 Å². The molecule has 0 amide bonds. The zero-order chi connectivity index (χ0) is 9.97. The van der Waals surface area contributed by atoms with Gasteiger partial charge < -0.3 is 5.32 Å². The van der Waals surface area contributed by atoms with Crippen LogP contribution in [0.15, 0.2) is 12.1 Å². The van der Waals surface area contributed by atoms with Crippen LogP contribution in [0.2, 0.25) is 4.34 Å². The molecule has 1 fully saturated rings. The van der Waals surface area contributed by atoms with Gasteiger partial charge in [0, 0.05) is 10.9 Å². The van der Waals surface area contributed by atoms with Crippen LogP contribution in [0.4, 0.5) is 0 Å². The fraction of sp³-hybridized carbons (Fsp3) is 0.636. The predicted octanol–water partition coefficient (Wildman–Crippen LogP) is 3.33. The average Bonchev–Trinajstić information content (AvgIpc) is 2.88. The third-order valence-corrected chi connectivity index (χ3v) is 3.76. The van der Waals surface area contributed by atoms with E-state index in [0.29, 0.717) is 5.92 Å². The Morgan fingerprint density at radius 2 is 2.36 bits per heavy atom. The summed E-state index contributed by atoms with van der Waals surface area (Å²) >= 11 is 7.59. The molecule has 1 unspecified atom stereocenters. The quantitative estimate of drug-likeness (QED) is 0.817. The van der Waals surface area contributed by atoms with E-state index in [1.165, 1.54) is 17.7 Å². The zero-order valence-electron chi connectivity index (χ0n) is 8.42. The molecule has 3 heteroatoms. The highest BCUT2D eigenvalue weighted by atomic mass is 35.5. The third-order valence-electron chi connectivity index (χ3n) is 2.51. The molecule has 1 aromatic rings. The van der Waals surface area contributed by atoms with Crippen molar-refractivity contribution < 1.29 is 0 Å². The molecule has 0 spiro atoms. The van der Waals surface area contributed by atoms with E-state index in [-0.39, 0.29) is 0 Å². The van der Waals surface area contributed by atoms with E-state index < -0.39 is 0 Å². The summed E-state index contributed by atoms with van der Waals surface area (Å²) in [7, 11) is 0. The Hall–Kier alpha value is -0.0500. The Morgan fingerprint density at radius 3 is 2.93 bits per heavy atom. The molecule has 0 aromatic carbocycles. The van der Waals surface area contributed by atoms with E-state index in [2.05, 4.69) is 18.3 Å². The average molecular weight is 230 g/mol. The van der Waals surface area contributed by atoms with Crippen LogP contribution in [-0.4, -0.2) is 12.6 Å². The normalized spacial score (nSPS) is 18.4. The maximum Gasteiger partial charge on any atom is 0.0931 e. The number of halogens is 1. The Kier molecular flexibility index (Phi) is 3.47. The lowest BCUT2D eigenvalue weighted by Crippen LogP contribution is -2.24. The summed E-state index contributed by atoms with van der Waals surface area (Å²) in [5.41, 5.74) is 0. The van der Waals surface area contributed by atoms with Crippen LogP contribution in [0.25, 0.3) is 0 Å². The molecule has 1 nitrogen and oxygen atoms in total. The minimum absolute atomic E-state index is 0.713. The van der Waals surface area contributed by atoms with Gasteiger partial charge in [-0.05, 0) is 43.9 Å². The van der Waals surface area contributed by atoms with Crippen molar-refractivity contribution in [1.29, 1.82) is 0 Å². The number of thiophene rings is 1. The molecule has 1 aliphatic rings. The number of rotatable bonds is 5. The molecule has 0 aliphatic heterocycles. The zero-order valence-corrected chi connectivity index (χ0v) is 10.00. The van der Waals surface area contributed by atoms with E-state index in [1.807, 2.05) is 6.07 Å². The molecular formula is C11H16ClNS. The van der Waals surface area contributed by atoms with Crippen molar-refractivity contribution in [2.24, 2.45) is 5.92 Å². The van der Waals surface area contributed by atoms with Crippen molar-refractivity contribution in [2.45, 2.75) is 32.2 Å². The van der Waals surface area contributed by atoms with Gasteiger partial charge in [0.2, 0.25) is 0 Å². The number of hydrogen-bond acceptors (Lipinski definition) is 2. The summed E-state index contributed by atoms with van der Waals surface area (Å²) in [6.45, 7) is 3.43. The monoisotopic (exact) mass is 229 g/mol. The second kappa shape index (κ2) is 4.65. The first-order valence-electron chi connectivity index (χ1n) is 5.21. The lowest BCUT2D eigenvalue weighted by molar-refractivity contribution is 0.512. The summed E-state index contributed by atoms with van der Waals surface area (Å²) in [5, 5.41) is 3.56. The summed E-state index contributed by atoms with van der Waals surface area (Å²) in [5.74, 6) is 0.713. The van der Waals surface area contributed by atoms with Gasteiger partial charge in [0.15, 0.2) is 0 Å². The van der Waals surface area contributed by atoms with Gasteiger partial charge in [-0.15, -0.1) is 11.3 Å². The van der Waals surface area contributed by atoms with Crippen LogP contribution in [0.5, 0.6) is 0 Å². The van der Waals surface area contributed by atoms with E-state index in [0.717, 1.165) is 23.3 Å². The molecule has 14 heavy (non-hydrogen) atoms. The largest absolute Gasteiger partial charge is 0.314 e. The first-order valence-corrected chi connectivity index (χ1v) is 6.41. The Morgan fingerprint density at radius 1 is 1.57 bits per heavy atom. The summed E-state index contributed by atoms with van der Waals surface area (Å²) in [6.07, 6.45) is 3.90. The first-order chi connectivity index (χ1) is 6.74. The second-order valence-corrected chi connectivity index (χ2v) is 6.00. The molecule has 0 radical (unpaired) electrons. The van der Waals surface area contributed by atoms with Crippen LogP contribution in [0, 0.1) is 5.92 Å². The highest BCUT2D eigenvalue weighted by Gasteiger charge is 2.20. The van der Waals surface area contributed by atoms with Crippen molar-refractivity contribution in [3.05, 3.63) is 21.3 Å². The molecule has 78 valence electrons. The molecule has 1 aliphatic carbocycles. The van der Waals surface area contributed by atoms with Crippen molar-refractivity contribution in [3.8, 4) is 0 Å². The standard InChI is InChI=1S/C11H16ClNS/c1-8(7-13-9-2-3-9)6-10-4-5-11(12)14-10/h4-5,8-9,13H,2-3,6-7H2,1H3. The lowest BCUT2D eigenvalue weighted by atomic mass is 10.1. The molecule has 2 rings (SSSR count). The van der Waals surface area contributed by atoms with Gasteiger partial charge >= 0.3 is 0 Å². The Bertz CT molecular complexity index is 293. The number of nitrogens with one attached hydrogen (secondary N) is 1. The maximum atomic E-state index is 5.88. The van der Waals surface area contributed by atoms with Gasteiger partial charge in [-0.25, -0.2) is 0 Å². The predicted molar refractivity (Wildman–Crippen MR) is 63.2 cm³/mol. The highest BCUT2D eigenvalue weighted by molar-refractivity contribution is 7.16. The molecular weight excluding hydrogens is 214 g/mol. The summed E-state index contributed by atoms with van der Waals surface area (Å²) in [4.78, 5) is 1.40. The molecule has 1 N–H and O–H groups in total. The number of hydrogen-bond donors (Lipinski definition) is 1.